The molecule has 6 heterocycles. The Morgan fingerprint density at radius 1 is 0.837 bits per heavy atom. The lowest BCUT2D eigenvalue weighted by Crippen LogP contribution is -2.43. The van der Waals surface area contributed by atoms with Gasteiger partial charge in [0.15, 0.2) is 22.9 Å². The number of thiol groups is 2. The molecular weight excluding hydrogens is 638 g/mol. The summed E-state index contributed by atoms with van der Waals surface area (Å²) < 4.78 is 54.8. The molecule has 230 valence electrons. The summed E-state index contributed by atoms with van der Waals surface area (Å²) in [5, 5.41) is 0. The van der Waals surface area contributed by atoms with Crippen LogP contribution in [0.3, 0.4) is 0 Å². The van der Waals surface area contributed by atoms with Gasteiger partial charge in [-0.2, -0.15) is 0 Å². The Morgan fingerprint density at radius 3 is 2.16 bits per heavy atom. The van der Waals surface area contributed by atoms with E-state index in [2.05, 4.69) is 54.4 Å². The van der Waals surface area contributed by atoms with E-state index in [0.717, 1.165) is 0 Å². The Hall–Kier alpha value is -2.30. The monoisotopic (exact) mass is 668 g/mol. The molecule has 9 atom stereocenters. The smallest absolute Gasteiger partial charge is 0.382 e. The number of fused-ring (bicyclic) bond motifs is 4. The van der Waals surface area contributed by atoms with Gasteiger partial charge in [-0.15, -0.1) is 0 Å². The predicted octanol–water partition coefficient (Wildman–Crippen LogP) is 3.38. The SMILES string of the molecule is C[C@@H]1[C@@H]2C[P@@](=O)(S)OC[C@H]3C[C@@H](n4cnc5c(N)ncnc54)[C@@H]3CO[P@@](=O)(S)OC[C@H]2O[C@H]1n1cnc2c(N)ncnc21. The fraction of sp³-hybridized carbons (Fsp3) is 0.565. The molecular formula is C23H30N10O6P2S2. The third-order valence-electron chi connectivity index (χ3n) is 8.73. The summed E-state index contributed by atoms with van der Waals surface area (Å²) >= 11 is 8.77. The molecule has 16 nitrogen and oxygen atoms in total. The minimum Gasteiger partial charge on any atom is -0.382 e. The van der Waals surface area contributed by atoms with Crippen LogP contribution in [0.2, 0.25) is 0 Å². The Labute approximate surface area is 256 Å². The first-order valence-corrected chi connectivity index (χ1v) is 19.3. The third-order valence-corrected chi connectivity index (χ3v) is 12.6. The molecule has 2 saturated heterocycles. The molecule has 0 bridgehead atoms. The Kier molecular flexibility index (Phi) is 7.49. The summed E-state index contributed by atoms with van der Waals surface area (Å²) in [6.45, 7) is -5.15. The van der Waals surface area contributed by atoms with Gasteiger partial charge >= 0.3 is 6.80 Å². The minimum absolute atomic E-state index is 0.0483. The average Bonchev–Trinajstić information content (AvgIpc) is 3.64. The largest absolute Gasteiger partial charge is 0.386 e. The standard InChI is InChI=1S/C23H30N10O6P2S2/c1-11-14-6-40(34,42)36-3-12-2-15(32-9-30-17-19(24)26-7-28-21(17)32)13(12)4-37-41(35,43)38-5-16(14)39-23(11)33-10-31-18-20(25)27-8-29-22(18)33/h7-16,23H,2-6H2,1H3,(H,34,42)(H,35,43)(H2,24,26,28)(H2,25,27,29)/t11-,12-,13-,14+,15-,16-,23-,40+,41-/m1/s1. The second kappa shape index (κ2) is 10.9. The molecule has 4 N–H and O–H groups in total. The van der Waals surface area contributed by atoms with Crippen molar-refractivity contribution in [1.82, 2.24) is 39.0 Å². The van der Waals surface area contributed by atoms with Crippen molar-refractivity contribution in [1.29, 1.82) is 0 Å². The van der Waals surface area contributed by atoms with Crippen LogP contribution in [-0.2, 0) is 27.4 Å². The number of nitrogens with zero attached hydrogens (tertiary/aromatic N) is 8. The Balaban J connectivity index is 1.14. The number of anilines is 2. The fourth-order valence-electron chi connectivity index (χ4n) is 6.34. The van der Waals surface area contributed by atoms with Gasteiger partial charge in [-0.3, -0.25) is 13.7 Å². The molecule has 20 heteroatoms. The highest BCUT2D eigenvalue weighted by molar-refractivity contribution is 8.46. The van der Waals surface area contributed by atoms with Crippen molar-refractivity contribution < 1.29 is 27.4 Å². The van der Waals surface area contributed by atoms with Crippen LogP contribution in [0.5, 0.6) is 0 Å². The molecule has 0 radical (unpaired) electrons. The van der Waals surface area contributed by atoms with Crippen molar-refractivity contribution in [2.24, 2.45) is 23.7 Å². The lowest BCUT2D eigenvalue weighted by Gasteiger charge is -2.45. The Bertz CT molecular complexity index is 1790. The predicted molar refractivity (Wildman–Crippen MR) is 163 cm³/mol. The number of nitrogen functional groups attached to an aromatic ring is 2. The number of nitrogens with two attached hydrogens (primary N) is 2. The maximum Gasteiger partial charge on any atom is 0.386 e. The molecule has 4 aromatic rings. The van der Waals surface area contributed by atoms with E-state index in [1.165, 1.54) is 12.7 Å². The molecule has 3 aliphatic rings. The summed E-state index contributed by atoms with van der Waals surface area (Å²) in [6, 6.07) is -0.114. The summed E-state index contributed by atoms with van der Waals surface area (Å²) in [4.78, 5) is 25.4. The van der Waals surface area contributed by atoms with Gasteiger partial charge in [0.2, 0.25) is 0 Å². The van der Waals surface area contributed by atoms with E-state index in [-0.39, 0.29) is 67.3 Å². The quantitative estimate of drug-likeness (QED) is 0.178. The van der Waals surface area contributed by atoms with Crippen LogP contribution in [0.15, 0.2) is 25.3 Å². The first-order chi connectivity index (χ1) is 20.5. The summed E-state index contributed by atoms with van der Waals surface area (Å²) in [7, 11) is 0. The number of imidazole rings is 2. The van der Waals surface area contributed by atoms with E-state index in [4.69, 9.17) is 29.8 Å². The zero-order chi connectivity index (χ0) is 30.1. The number of aromatic nitrogens is 8. The van der Waals surface area contributed by atoms with E-state index >= 15 is 0 Å². The summed E-state index contributed by atoms with van der Waals surface area (Å²) in [6.07, 6.45) is 5.54. The van der Waals surface area contributed by atoms with Gasteiger partial charge in [-0.25, -0.2) is 34.5 Å². The molecule has 43 heavy (non-hydrogen) atoms. The molecule has 7 rings (SSSR count). The fourth-order valence-corrected chi connectivity index (χ4v) is 9.91. The molecule has 4 aromatic heterocycles. The van der Waals surface area contributed by atoms with Gasteiger partial charge in [0, 0.05) is 30.0 Å². The highest BCUT2D eigenvalue weighted by atomic mass is 32.7. The van der Waals surface area contributed by atoms with Crippen molar-refractivity contribution in [3.05, 3.63) is 25.3 Å². The highest BCUT2D eigenvalue weighted by Gasteiger charge is 2.49. The van der Waals surface area contributed by atoms with Crippen molar-refractivity contribution in [2.75, 3.05) is 37.4 Å². The topological polar surface area (TPSA) is 210 Å². The van der Waals surface area contributed by atoms with Crippen LogP contribution < -0.4 is 11.5 Å². The van der Waals surface area contributed by atoms with E-state index in [1.54, 1.807) is 17.2 Å². The normalized spacial score (nSPS) is 37.1. The van der Waals surface area contributed by atoms with Gasteiger partial charge in [0.1, 0.15) is 29.9 Å². The molecule has 0 spiro atoms. The second-order valence-electron chi connectivity index (χ2n) is 11.2. The highest BCUT2D eigenvalue weighted by Crippen LogP contribution is 2.61. The summed E-state index contributed by atoms with van der Waals surface area (Å²) in [5.41, 5.74) is 14.0. The second-order valence-corrected chi connectivity index (χ2v) is 17.8. The van der Waals surface area contributed by atoms with Crippen molar-refractivity contribution in [3.8, 4) is 0 Å². The van der Waals surface area contributed by atoms with Gasteiger partial charge in [-0.05, 0) is 12.3 Å². The number of hydrogen-bond acceptors (Lipinski definition) is 14. The molecule has 0 aromatic carbocycles. The van der Waals surface area contributed by atoms with Gasteiger partial charge in [-0.1, -0.05) is 31.4 Å². The van der Waals surface area contributed by atoms with Crippen LogP contribution in [0, 0.1) is 23.7 Å². The molecule has 0 unspecified atom stereocenters. The first kappa shape index (κ1) is 29.4. The van der Waals surface area contributed by atoms with E-state index < -0.39 is 25.7 Å². The van der Waals surface area contributed by atoms with Crippen LogP contribution in [-0.4, -0.2) is 71.1 Å². The van der Waals surface area contributed by atoms with Crippen LogP contribution in [0.25, 0.3) is 22.3 Å². The van der Waals surface area contributed by atoms with Crippen molar-refractivity contribution >= 4 is 71.8 Å². The van der Waals surface area contributed by atoms with Crippen molar-refractivity contribution in [2.45, 2.75) is 31.7 Å². The zero-order valence-corrected chi connectivity index (χ0v) is 26.4. The average molecular weight is 669 g/mol. The van der Waals surface area contributed by atoms with Crippen LogP contribution in [0.1, 0.15) is 25.6 Å². The molecule has 1 saturated carbocycles. The number of hydrogen-bond donors (Lipinski definition) is 4. The van der Waals surface area contributed by atoms with Gasteiger partial charge < -0.3 is 29.8 Å². The summed E-state index contributed by atoms with van der Waals surface area (Å²) in [5.74, 6) is -0.278. The zero-order valence-electron chi connectivity index (χ0n) is 22.9. The van der Waals surface area contributed by atoms with Gasteiger partial charge in [0.25, 0.3) is 6.57 Å². The lowest BCUT2D eigenvalue weighted by molar-refractivity contribution is -0.0322. The van der Waals surface area contributed by atoms with Crippen LogP contribution in [0.4, 0.5) is 11.6 Å². The van der Waals surface area contributed by atoms with Gasteiger partial charge in [0.05, 0.1) is 38.6 Å². The Morgan fingerprint density at radius 2 is 1.47 bits per heavy atom. The lowest BCUT2D eigenvalue weighted by atomic mass is 9.70. The minimum atomic E-state index is -3.81. The van der Waals surface area contributed by atoms with E-state index in [1.807, 2.05) is 11.5 Å². The number of ether oxygens (including phenoxy) is 1. The number of rotatable bonds is 2. The van der Waals surface area contributed by atoms with Crippen molar-refractivity contribution in [3.63, 3.8) is 0 Å². The molecule has 1 aliphatic carbocycles. The van der Waals surface area contributed by atoms with Crippen LogP contribution >= 0.6 is 37.9 Å². The third kappa shape index (κ3) is 5.35. The maximum atomic E-state index is 13.8. The van der Waals surface area contributed by atoms with E-state index in [9.17, 15) is 9.13 Å². The van der Waals surface area contributed by atoms with E-state index in [0.29, 0.717) is 28.7 Å². The first-order valence-electron chi connectivity index (χ1n) is 13.6. The molecule has 2 aliphatic heterocycles. The molecule has 3 fully saturated rings. The maximum absolute atomic E-state index is 13.8. The molecule has 0 amide bonds.